The minimum absolute atomic E-state index is 0.214. The molecule has 1 aromatic carbocycles. The molecule has 0 aliphatic carbocycles. The topological polar surface area (TPSA) is 73.6 Å². The monoisotopic (exact) mass is 238 g/mol. The van der Waals surface area contributed by atoms with Gasteiger partial charge in [-0.15, -0.1) is 0 Å². The summed E-state index contributed by atoms with van der Waals surface area (Å²) in [5.41, 5.74) is 4.03. The molecule has 5 heteroatoms. The van der Waals surface area contributed by atoms with Crippen LogP contribution in [-0.4, -0.2) is 26.2 Å². The SMILES string of the molecule is COCCOCc1ccccc1CC(=O)NN. The van der Waals surface area contributed by atoms with Crippen LogP contribution in [0.15, 0.2) is 24.3 Å². The standard InChI is InChI=1S/C12H18N2O3/c1-16-6-7-17-9-11-5-3-2-4-10(11)8-12(15)14-13/h2-5H,6-9,13H2,1H3,(H,14,15). The van der Waals surface area contributed by atoms with Crippen LogP contribution < -0.4 is 11.3 Å². The molecular weight excluding hydrogens is 220 g/mol. The van der Waals surface area contributed by atoms with Gasteiger partial charge in [-0.05, 0) is 11.1 Å². The molecule has 17 heavy (non-hydrogen) atoms. The maximum absolute atomic E-state index is 11.2. The molecule has 1 amide bonds. The number of carbonyl (C=O) groups is 1. The van der Waals surface area contributed by atoms with Gasteiger partial charge in [-0.1, -0.05) is 24.3 Å². The van der Waals surface area contributed by atoms with Gasteiger partial charge in [0.2, 0.25) is 5.91 Å². The maximum atomic E-state index is 11.2. The summed E-state index contributed by atoms with van der Waals surface area (Å²) in [5.74, 6) is 4.85. The molecule has 0 atom stereocenters. The Morgan fingerprint density at radius 1 is 1.29 bits per heavy atom. The van der Waals surface area contributed by atoms with Gasteiger partial charge in [-0.2, -0.15) is 0 Å². The number of amides is 1. The second-order valence-corrected chi connectivity index (χ2v) is 3.56. The number of hydrogen-bond donors (Lipinski definition) is 2. The average Bonchev–Trinajstić information content (AvgIpc) is 2.36. The first-order valence-electron chi connectivity index (χ1n) is 5.41. The normalized spacial score (nSPS) is 10.2. The van der Waals surface area contributed by atoms with Gasteiger partial charge >= 0.3 is 0 Å². The zero-order valence-corrected chi connectivity index (χ0v) is 9.94. The highest BCUT2D eigenvalue weighted by Gasteiger charge is 2.06. The fraction of sp³-hybridized carbons (Fsp3) is 0.417. The molecule has 0 spiro atoms. The van der Waals surface area contributed by atoms with Crippen molar-refractivity contribution in [3.05, 3.63) is 35.4 Å². The van der Waals surface area contributed by atoms with Crippen LogP contribution in [0.4, 0.5) is 0 Å². The fourth-order valence-electron chi connectivity index (χ4n) is 1.42. The number of hydrogen-bond acceptors (Lipinski definition) is 4. The molecule has 1 aromatic rings. The number of ether oxygens (including phenoxy) is 2. The van der Waals surface area contributed by atoms with Gasteiger partial charge in [0.05, 0.1) is 26.2 Å². The Hall–Kier alpha value is -1.43. The van der Waals surface area contributed by atoms with E-state index >= 15 is 0 Å². The Morgan fingerprint density at radius 2 is 2.00 bits per heavy atom. The van der Waals surface area contributed by atoms with Crippen molar-refractivity contribution >= 4 is 5.91 Å². The molecule has 0 fully saturated rings. The van der Waals surface area contributed by atoms with Crippen molar-refractivity contribution in [2.45, 2.75) is 13.0 Å². The zero-order chi connectivity index (χ0) is 12.5. The molecule has 0 heterocycles. The van der Waals surface area contributed by atoms with Crippen molar-refractivity contribution in [2.24, 2.45) is 5.84 Å². The van der Waals surface area contributed by atoms with Crippen molar-refractivity contribution < 1.29 is 14.3 Å². The van der Waals surface area contributed by atoms with E-state index in [2.05, 4.69) is 5.43 Å². The lowest BCUT2D eigenvalue weighted by molar-refractivity contribution is -0.120. The predicted octanol–water partition coefficient (Wildman–Crippen LogP) is 0.382. The largest absolute Gasteiger partial charge is 0.382 e. The van der Waals surface area contributed by atoms with Crippen LogP contribution in [0, 0.1) is 0 Å². The van der Waals surface area contributed by atoms with Crippen LogP contribution in [0.2, 0.25) is 0 Å². The van der Waals surface area contributed by atoms with Gasteiger partial charge in [-0.25, -0.2) is 5.84 Å². The number of nitrogens with two attached hydrogens (primary N) is 1. The number of benzene rings is 1. The molecule has 0 saturated carbocycles. The third kappa shape index (κ3) is 4.95. The summed E-state index contributed by atoms with van der Waals surface area (Å²) in [5, 5.41) is 0. The smallest absolute Gasteiger partial charge is 0.238 e. The minimum atomic E-state index is -0.214. The summed E-state index contributed by atoms with van der Waals surface area (Å²) in [6.45, 7) is 1.57. The Labute approximate surface area is 101 Å². The molecule has 0 aliphatic heterocycles. The zero-order valence-electron chi connectivity index (χ0n) is 9.94. The van der Waals surface area contributed by atoms with E-state index in [1.165, 1.54) is 0 Å². The molecule has 94 valence electrons. The lowest BCUT2D eigenvalue weighted by Crippen LogP contribution is -2.31. The van der Waals surface area contributed by atoms with Gasteiger partial charge in [0.15, 0.2) is 0 Å². The van der Waals surface area contributed by atoms with Crippen molar-refractivity contribution in [1.82, 2.24) is 5.43 Å². The van der Waals surface area contributed by atoms with E-state index in [0.717, 1.165) is 11.1 Å². The van der Waals surface area contributed by atoms with E-state index in [4.69, 9.17) is 15.3 Å². The van der Waals surface area contributed by atoms with Gasteiger partial charge in [-0.3, -0.25) is 10.2 Å². The van der Waals surface area contributed by atoms with Crippen LogP contribution in [-0.2, 0) is 27.3 Å². The Balaban J connectivity index is 2.54. The predicted molar refractivity (Wildman–Crippen MR) is 64.0 cm³/mol. The Kier molecular flexibility index (Phi) is 6.24. The summed E-state index contributed by atoms with van der Waals surface area (Å²) in [7, 11) is 1.63. The van der Waals surface area contributed by atoms with Crippen LogP contribution in [0.3, 0.4) is 0 Å². The Morgan fingerprint density at radius 3 is 2.65 bits per heavy atom. The quantitative estimate of drug-likeness (QED) is 0.312. The summed E-state index contributed by atoms with van der Waals surface area (Å²) >= 11 is 0. The van der Waals surface area contributed by atoms with Gasteiger partial charge in [0.25, 0.3) is 0 Å². The minimum Gasteiger partial charge on any atom is -0.382 e. The highest BCUT2D eigenvalue weighted by molar-refractivity contribution is 5.78. The summed E-state index contributed by atoms with van der Waals surface area (Å²) in [6.07, 6.45) is 0.264. The molecule has 0 radical (unpaired) electrons. The molecule has 0 bridgehead atoms. The van der Waals surface area contributed by atoms with Crippen LogP contribution in [0.25, 0.3) is 0 Å². The molecule has 5 nitrogen and oxygen atoms in total. The van der Waals surface area contributed by atoms with E-state index in [9.17, 15) is 4.79 Å². The Bertz CT molecular complexity index is 355. The highest BCUT2D eigenvalue weighted by atomic mass is 16.5. The lowest BCUT2D eigenvalue weighted by atomic mass is 10.1. The average molecular weight is 238 g/mol. The maximum Gasteiger partial charge on any atom is 0.238 e. The number of rotatable bonds is 7. The van der Waals surface area contributed by atoms with Gasteiger partial charge in [0.1, 0.15) is 0 Å². The molecule has 0 unspecified atom stereocenters. The fourth-order valence-corrected chi connectivity index (χ4v) is 1.42. The van der Waals surface area contributed by atoms with Gasteiger partial charge < -0.3 is 9.47 Å². The number of hydrazine groups is 1. The second kappa shape index (κ2) is 7.78. The van der Waals surface area contributed by atoms with Crippen molar-refractivity contribution in [3.63, 3.8) is 0 Å². The summed E-state index contributed by atoms with van der Waals surface area (Å²) in [4.78, 5) is 11.2. The molecular formula is C12H18N2O3. The van der Waals surface area contributed by atoms with E-state index in [-0.39, 0.29) is 12.3 Å². The molecule has 1 rings (SSSR count). The van der Waals surface area contributed by atoms with Crippen LogP contribution in [0.5, 0.6) is 0 Å². The summed E-state index contributed by atoms with van der Waals surface area (Å²) in [6, 6.07) is 7.63. The molecule has 0 aliphatic rings. The summed E-state index contributed by atoms with van der Waals surface area (Å²) < 4.78 is 10.3. The van der Waals surface area contributed by atoms with Crippen LogP contribution >= 0.6 is 0 Å². The van der Waals surface area contributed by atoms with E-state index < -0.39 is 0 Å². The number of carbonyl (C=O) groups excluding carboxylic acids is 1. The highest BCUT2D eigenvalue weighted by Crippen LogP contribution is 2.10. The van der Waals surface area contributed by atoms with E-state index in [0.29, 0.717) is 19.8 Å². The van der Waals surface area contributed by atoms with E-state index in [1.807, 2.05) is 24.3 Å². The third-order valence-electron chi connectivity index (χ3n) is 2.32. The van der Waals surface area contributed by atoms with Crippen molar-refractivity contribution in [1.29, 1.82) is 0 Å². The lowest BCUT2D eigenvalue weighted by Gasteiger charge is -2.09. The van der Waals surface area contributed by atoms with Crippen molar-refractivity contribution in [2.75, 3.05) is 20.3 Å². The molecule has 0 saturated heterocycles. The number of nitrogens with one attached hydrogen (secondary N) is 1. The number of methoxy groups -OCH3 is 1. The van der Waals surface area contributed by atoms with Gasteiger partial charge in [0, 0.05) is 7.11 Å². The van der Waals surface area contributed by atoms with Crippen molar-refractivity contribution in [3.8, 4) is 0 Å². The first kappa shape index (κ1) is 13.6. The third-order valence-corrected chi connectivity index (χ3v) is 2.32. The first-order valence-corrected chi connectivity index (χ1v) is 5.41. The molecule has 3 N–H and O–H groups in total. The van der Waals surface area contributed by atoms with E-state index in [1.54, 1.807) is 7.11 Å². The first-order chi connectivity index (χ1) is 8.27. The molecule has 0 aromatic heterocycles. The second-order valence-electron chi connectivity index (χ2n) is 3.56. The van der Waals surface area contributed by atoms with Crippen LogP contribution in [0.1, 0.15) is 11.1 Å².